The Morgan fingerprint density at radius 3 is 2.52 bits per heavy atom. The minimum absolute atomic E-state index is 0.121. The number of carbonyl (C=O) groups excluding carboxylic acids is 1. The number of ketones is 1. The van der Waals surface area contributed by atoms with Gasteiger partial charge in [0.15, 0.2) is 5.78 Å². The fourth-order valence-corrected chi connectivity index (χ4v) is 2.05. The minimum Gasteiger partial charge on any atom is -0.382 e. The van der Waals surface area contributed by atoms with Crippen LogP contribution in [0.15, 0.2) is 59.4 Å². The van der Waals surface area contributed by atoms with Gasteiger partial charge in [-0.25, -0.2) is 0 Å². The van der Waals surface area contributed by atoms with Gasteiger partial charge in [-0.3, -0.25) is 9.59 Å². The van der Waals surface area contributed by atoms with Gasteiger partial charge in [-0.15, -0.1) is 0 Å². The van der Waals surface area contributed by atoms with Crippen molar-refractivity contribution in [1.29, 1.82) is 5.26 Å². The number of hydrogen-bond acceptors (Lipinski definition) is 4. The van der Waals surface area contributed by atoms with E-state index in [9.17, 15) is 9.59 Å². The Bertz CT molecular complexity index is 831. The van der Waals surface area contributed by atoms with Crippen LogP contribution in [0.3, 0.4) is 0 Å². The summed E-state index contributed by atoms with van der Waals surface area (Å²) in [6.45, 7) is 2.49. The zero-order valence-corrected chi connectivity index (χ0v) is 12.7. The molecule has 23 heavy (non-hydrogen) atoms. The molecule has 0 atom stereocenters. The molecule has 2 aromatic carbocycles. The van der Waals surface area contributed by atoms with Crippen LogP contribution in [0.4, 0.5) is 5.69 Å². The average molecular weight is 304 g/mol. The normalized spacial score (nSPS) is 10.3. The fraction of sp³-hybridized carbons (Fsp3) is 0.105. The quantitative estimate of drug-likeness (QED) is 0.680. The zero-order valence-electron chi connectivity index (χ0n) is 12.7. The molecule has 0 spiro atoms. The van der Waals surface area contributed by atoms with Crippen LogP contribution in [0.2, 0.25) is 0 Å². The molecule has 2 aromatic rings. The first-order valence-electron chi connectivity index (χ1n) is 7.25. The SMILES string of the molecule is CCNc1ccccc(C(=O)/C=C\c2ccc(C#N)cc2)c1=O. The topological polar surface area (TPSA) is 70.0 Å². The van der Waals surface area contributed by atoms with Gasteiger partial charge in [0.05, 0.1) is 22.9 Å². The van der Waals surface area contributed by atoms with Gasteiger partial charge in [-0.1, -0.05) is 30.3 Å². The molecule has 0 fully saturated rings. The van der Waals surface area contributed by atoms with Crippen molar-refractivity contribution in [1.82, 2.24) is 0 Å². The number of nitriles is 1. The molecular weight excluding hydrogens is 288 g/mol. The minimum atomic E-state index is -0.352. The molecule has 0 aliphatic heterocycles. The summed E-state index contributed by atoms with van der Waals surface area (Å²) in [5.74, 6) is -0.352. The summed E-state index contributed by atoms with van der Waals surface area (Å²) in [5, 5.41) is 11.7. The Balaban J connectivity index is 2.29. The number of nitrogens with zero attached hydrogens (tertiary/aromatic N) is 1. The summed E-state index contributed by atoms with van der Waals surface area (Å²) in [6, 6.07) is 15.5. The van der Waals surface area contributed by atoms with Crippen molar-refractivity contribution in [3.63, 3.8) is 0 Å². The number of benzene rings is 1. The Morgan fingerprint density at radius 2 is 1.87 bits per heavy atom. The summed E-state index contributed by atoms with van der Waals surface area (Å²) < 4.78 is 0. The second kappa shape index (κ2) is 7.71. The van der Waals surface area contributed by atoms with Crippen molar-refractivity contribution >= 4 is 17.5 Å². The maximum absolute atomic E-state index is 12.3. The number of nitrogens with one attached hydrogen (secondary N) is 1. The summed E-state index contributed by atoms with van der Waals surface area (Å²) in [6.07, 6.45) is 3.00. The van der Waals surface area contributed by atoms with Crippen LogP contribution in [0.25, 0.3) is 6.08 Å². The molecule has 2 rings (SSSR count). The number of carbonyl (C=O) groups is 1. The highest BCUT2D eigenvalue weighted by Crippen LogP contribution is 2.07. The number of rotatable bonds is 5. The van der Waals surface area contributed by atoms with E-state index in [2.05, 4.69) is 5.32 Å². The van der Waals surface area contributed by atoms with Crippen LogP contribution >= 0.6 is 0 Å². The molecule has 4 nitrogen and oxygen atoms in total. The highest BCUT2D eigenvalue weighted by atomic mass is 16.1. The lowest BCUT2D eigenvalue weighted by atomic mass is 10.1. The molecule has 0 bridgehead atoms. The van der Waals surface area contributed by atoms with E-state index in [-0.39, 0.29) is 16.8 Å². The summed E-state index contributed by atoms with van der Waals surface area (Å²) in [4.78, 5) is 24.6. The maximum atomic E-state index is 12.3. The van der Waals surface area contributed by atoms with Crippen LogP contribution < -0.4 is 10.7 Å². The first-order chi connectivity index (χ1) is 11.2. The molecular formula is C19H16N2O2. The first kappa shape index (κ1) is 16.2. The molecule has 0 aromatic heterocycles. The molecule has 4 heteroatoms. The Morgan fingerprint density at radius 1 is 1.17 bits per heavy atom. The zero-order chi connectivity index (χ0) is 16.7. The van der Waals surface area contributed by atoms with E-state index in [1.54, 1.807) is 48.5 Å². The van der Waals surface area contributed by atoms with Gasteiger partial charge in [0.25, 0.3) is 0 Å². The van der Waals surface area contributed by atoms with E-state index in [1.165, 1.54) is 12.1 Å². The summed E-state index contributed by atoms with van der Waals surface area (Å²) in [7, 11) is 0. The molecule has 0 aliphatic carbocycles. The third-order valence-electron chi connectivity index (χ3n) is 3.23. The summed E-state index contributed by atoms with van der Waals surface area (Å²) in [5.41, 5.74) is 1.56. The standard InChI is InChI=1S/C19H16N2O2/c1-2-21-17-6-4-3-5-16(19(17)23)18(22)12-11-14-7-9-15(13-20)10-8-14/h3-12H,2H2,1H3,(H,21,23)/b12-11-. The number of allylic oxidation sites excluding steroid dienone is 1. The van der Waals surface area contributed by atoms with E-state index in [1.807, 2.05) is 13.0 Å². The summed E-state index contributed by atoms with van der Waals surface area (Å²) >= 11 is 0. The van der Waals surface area contributed by atoms with E-state index < -0.39 is 0 Å². The lowest BCUT2D eigenvalue weighted by Gasteiger charge is -1.99. The Hall–Kier alpha value is -3.19. The second-order valence-electron chi connectivity index (χ2n) is 4.84. The van der Waals surface area contributed by atoms with Crippen molar-refractivity contribution in [3.8, 4) is 6.07 Å². The van der Waals surface area contributed by atoms with Crippen molar-refractivity contribution in [3.05, 3.63) is 81.5 Å². The van der Waals surface area contributed by atoms with E-state index >= 15 is 0 Å². The van der Waals surface area contributed by atoms with Crippen LogP contribution in [-0.4, -0.2) is 12.3 Å². The molecule has 0 unspecified atom stereocenters. The van der Waals surface area contributed by atoms with Crippen molar-refractivity contribution in [2.45, 2.75) is 6.92 Å². The number of anilines is 1. The first-order valence-corrected chi connectivity index (χ1v) is 7.25. The highest BCUT2D eigenvalue weighted by molar-refractivity contribution is 6.07. The monoisotopic (exact) mass is 304 g/mol. The predicted molar refractivity (Wildman–Crippen MR) is 91.4 cm³/mol. The third kappa shape index (κ3) is 4.14. The van der Waals surface area contributed by atoms with Gasteiger partial charge in [-0.05, 0) is 42.8 Å². The lowest BCUT2D eigenvalue weighted by molar-refractivity contribution is 0.104. The fourth-order valence-electron chi connectivity index (χ4n) is 2.05. The van der Waals surface area contributed by atoms with Gasteiger partial charge >= 0.3 is 0 Å². The van der Waals surface area contributed by atoms with Crippen molar-refractivity contribution in [2.24, 2.45) is 0 Å². The van der Waals surface area contributed by atoms with Gasteiger partial charge in [0.1, 0.15) is 0 Å². The molecule has 0 amide bonds. The van der Waals surface area contributed by atoms with Crippen LogP contribution in [-0.2, 0) is 0 Å². The highest BCUT2D eigenvalue weighted by Gasteiger charge is 2.08. The maximum Gasteiger partial charge on any atom is 0.212 e. The van der Waals surface area contributed by atoms with Crippen LogP contribution in [0, 0.1) is 11.3 Å². The molecule has 0 saturated carbocycles. The van der Waals surface area contributed by atoms with Crippen molar-refractivity contribution < 1.29 is 4.79 Å². The number of hydrogen-bond donors (Lipinski definition) is 1. The Kier molecular flexibility index (Phi) is 5.43. The van der Waals surface area contributed by atoms with Gasteiger partial charge in [0, 0.05) is 6.54 Å². The smallest absolute Gasteiger partial charge is 0.212 e. The molecule has 0 aliphatic rings. The molecule has 114 valence electrons. The van der Waals surface area contributed by atoms with E-state index in [0.29, 0.717) is 17.8 Å². The second-order valence-corrected chi connectivity index (χ2v) is 4.84. The average Bonchev–Trinajstić information content (AvgIpc) is 2.76. The molecule has 0 radical (unpaired) electrons. The van der Waals surface area contributed by atoms with Gasteiger partial charge in [0.2, 0.25) is 5.43 Å². The lowest BCUT2D eigenvalue weighted by Crippen LogP contribution is -2.15. The Labute approximate surface area is 134 Å². The van der Waals surface area contributed by atoms with Gasteiger partial charge in [-0.2, -0.15) is 5.26 Å². The predicted octanol–water partition coefficient (Wildman–Crippen LogP) is 3.25. The molecule has 0 heterocycles. The largest absolute Gasteiger partial charge is 0.382 e. The third-order valence-corrected chi connectivity index (χ3v) is 3.23. The molecule has 0 saturated heterocycles. The molecule has 1 N–H and O–H groups in total. The van der Waals surface area contributed by atoms with Crippen LogP contribution in [0.1, 0.15) is 28.4 Å². The van der Waals surface area contributed by atoms with Crippen LogP contribution in [0.5, 0.6) is 0 Å². The van der Waals surface area contributed by atoms with E-state index in [0.717, 1.165) is 5.56 Å². The van der Waals surface area contributed by atoms with Crippen molar-refractivity contribution in [2.75, 3.05) is 11.9 Å². The van der Waals surface area contributed by atoms with E-state index in [4.69, 9.17) is 5.26 Å². The van der Waals surface area contributed by atoms with Gasteiger partial charge < -0.3 is 5.32 Å².